The summed E-state index contributed by atoms with van der Waals surface area (Å²) >= 11 is 0. The summed E-state index contributed by atoms with van der Waals surface area (Å²) in [7, 11) is 0. The Hall–Kier alpha value is -3.14. The normalized spacial score (nSPS) is 18.7. The fraction of sp³-hybridized carbons (Fsp3) is 0.545. The smallest absolute Gasteiger partial charge is 0.344 e. The predicted octanol–water partition coefficient (Wildman–Crippen LogP) is 1.98. The van der Waals surface area contributed by atoms with Gasteiger partial charge in [0.1, 0.15) is 17.8 Å². The van der Waals surface area contributed by atoms with E-state index >= 15 is 0 Å². The Balaban J connectivity index is 2.25. The molecular formula is C22H29NO9. The Morgan fingerprint density at radius 3 is 2.53 bits per heavy atom. The quantitative estimate of drug-likeness (QED) is 0.432. The molecule has 10 nitrogen and oxygen atoms in total. The van der Waals surface area contributed by atoms with Gasteiger partial charge in [-0.05, 0) is 39.8 Å². The van der Waals surface area contributed by atoms with E-state index in [4.69, 9.17) is 23.7 Å². The molecule has 1 atom stereocenters. The van der Waals surface area contributed by atoms with Gasteiger partial charge in [-0.1, -0.05) is 6.07 Å². The third-order valence-electron chi connectivity index (χ3n) is 4.12. The number of amides is 1. The van der Waals surface area contributed by atoms with Crippen molar-refractivity contribution in [2.24, 2.45) is 0 Å². The molecule has 0 bridgehead atoms. The van der Waals surface area contributed by atoms with Crippen LogP contribution in [0, 0.1) is 0 Å². The number of nitrogens with zero attached hydrogens (tertiary/aromatic N) is 1. The van der Waals surface area contributed by atoms with Crippen LogP contribution in [0.15, 0.2) is 24.3 Å². The Kier molecular flexibility index (Phi) is 8.20. The molecule has 0 spiro atoms. The molecule has 1 heterocycles. The van der Waals surface area contributed by atoms with Crippen LogP contribution in [0.1, 0.15) is 41.0 Å². The molecule has 1 aromatic rings. The third-order valence-corrected chi connectivity index (χ3v) is 4.12. The van der Waals surface area contributed by atoms with E-state index in [0.29, 0.717) is 11.4 Å². The topological polar surface area (TPSA) is 118 Å². The van der Waals surface area contributed by atoms with Crippen LogP contribution in [0.3, 0.4) is 0 Å². The molecule has 1 aliphatic heterocycles. The first-order chi connectivity index (χ1) is 15.0. The zero-order valence-electron chi connectivity index (χ0n) is 19.0. The SMILES string of the molecule is CCOC(=O)COc1cccc(N2CCO[C@](CC(=O)OC(C)(C)C)(OC(C)=O)C2=O)c1. The summed E-state index contributed by atoms with van der Waals surface area (Å²) in [4.78, 5) is 50.4. The van der Waals surface area contributed by atoms with Gasteiger partial charge in [-0.3, -0.25) is 14.4 Å². The van der Waals surface area contributed by atoms with E-state index < -0.39 is 41.6 Å². The summed E-state index contributed by atoms with van der Waals surface area (Å²) in [6.45, 7) is 7.96. The first-order valence-corrected chi connectivity index (χ1v) is 10.2. The minimum absolute atomic E-state index is 0.00965. The maximum Gasteiger partial charge on any atom is 0.344 e. The first kappa shape index (κ1) is 25.1. The third kappa shape index (κ3) is 6.94. The highest BCUT2D eigenvalue weighted by Gasteiger charge is 2.51. The zero-order valence-corrected chi connectivity index (χ0v) is 19.0. The van der Waals surface area contributed by atoms with Crippen molar-refractivity contribution in [3.05, 3.63) is 24.3 Å². The van der Waals surface area contributed by atoms with Crippen LogP contribution in [0.25, 0.3) is 0 Å². The second-order valence-corrected chi connectivity index (χ2v) is 8.01. The average Bonchev–Trinajstić information content (AvgIpc) is 2.67. The number of ether oxygens (including phenoxy) is 5. The van der Waals surface area contributed by atoms with Gasteiger partial charge in [0.05, 0.1) is 13.2 Å². The number of carbonyl (C=O) groups excluding carboxylic acids is 4. The van der Waals surface area contributed by atoms with Crippen molar-refractivity contribution in [2.75, 3.05) is 31.3 Å². The van der Waals surface area contributed by atoms with E-state index in [1.807, 2.05) is 0 Å². The molecule has 2 rings (SSSR count). The largest absolute Gasteiger partial charge is 0.482 e. The summed E-state index contributed by atoms with van der Waals surface area (Å²) in [5, 5.41) is 0. The number of hydrogen-bond acceptors (Lipinski definition) is 9. The van der Waals surface area contributed by atoms with Crippen molar-refractivity contribution in [3.63, 3.8) is 0 Å². The summed E-state index contributed by atoms with van der Waals surface area (Å²) in [5.41, 5.74) is -0.378. The van der Waals surface area contributed by atoms with Crippen molar-refractivity contribution in [2.45, 2.75) is 52.4 Å². The van der Waals surface area contributed by atoms with Crippen molar-refractivity contribution in [1.29, 1.82) is 0 Å². The van der Waals surface area contributed by atoms with Crippen molar-refractivity contribution in [1.82, 2.24) is 0 Å². The van der Waals surface area contributed by atoms with E-state index in [2.05, 4.69) is 0 Å². The molecule has 176 valence electrons. The lowest BCUT2D eigenvalue weighted by Crippen LogP contribution is -2.60. The molecule has 10 heteroatoms. The van der Waals surface area contributed by atoms with Crippen LogP contribution in [-0.4, -0.2) is 61.6 Å². The van der Waals surface area contributed by atoms with Gasteiger partial charge in [0, 0.05) is 25.2 Å². The monoisotopic (exact) mass is 451 g/mol. The molecule has 1 aromatic carbocycles. The van der Waals surface area contributed by atoms with E-state index in [9.17, 15) is 19.2 Å². The first-order valence-electron chi connectivity index (χ1n) is 10.2. The van der Waals surface area contributed by atoms with Gasteiger partial charge < -0.3 is 28.6 Å². The molecule has 1 amide bonds. The Bertz CT molecular complexity index is 861. The maximum absolute atomic E-state index is 13.3. The van der Waals surface area contributed by atoms with E-state index in [0.717, 1.165) is 6.92 Å². The van der Waals surface area contributed by atoms with Gasteiger partial charge in [-0.25, -0.2) is 4.79 Å². The summed E-state index contributed by atoms with van der Waals surface area (Å²) in [6, 6.07) is 6.45. The number of carbonyl (C=O) groups is 4. The fourth-order valence-corrected chi connectivity index (χ4v) is 3.04. The van der Waals surface area contributed by atoms with E-state index in [-0.39, 0.29) is 26.4 Å². The Labute approximate surface area is 186 Å². The molecule has 1 aliphatic rings. The summed E-state index contributed by atoms with van der Waals surface area (Å²) in [5.74, 6) is -4.59. The van der Waals surface area contributed by atoms with Crippen LogP contribution < -0.4 is 9.64 Å². The van der Waals surface area contributed by atoms with E-state index in [1.54, 1.807) is 52.0 Å². The molecule has 0 aliphatic carbocycles. The Morgan fingerprint density at radius 2 is 1.91 bits per heavy atom. The molecule has 0 N–H and O–H groups in total. The van der Waals surface area contributed by atoms with Gasteiger partial charge in [-0.2, -0.15) is 0 Å². The number of rotatable bonds is 8. The number of hydrogen-bond donors (Lipinski definition) is 0. The summed E-state index contributed by atoms with van der Waals surface area (Å²) in [6.07, 6.45) is -0.599. The molecule has 32 heavy (non-hydrogen) atoms. The van der Waals surface area contributed by atoms with Crippen LogP contribution in [0.4, 0.5) is 5.69 Å². The number of anilines is 1. The molecule has 0 radical (unpaired) electrons. The van der Waals surface area contributed by atoms with E-state index in [1.165, 1.54) is 4.90 Å². The van der Waals surface area contributed by atoms with Gasteiger partial charge >= 0.3 is 29.6 Å². The maximum atomic E-state index is 13.3. The average molecular weight is 451 g/mol. The lowest BCUT2D eigenvalue weighted by Gasteiger charge is -2.40. The van der Waals surface area contributed by atoms with Crippen LogP contribution in [0.2, 0.25) is 0 Å². The second kappa shape index (κ2) is 10.4. The molecule has 0 saturated carbocycles. The van der Waals surface area contributed by atoms with Crippen LogP contribution in [0.5, 0.6) is 5.75 Å². The molecule has 0 unspecified atom stereocenters. The lowest BCUT2D eigenvalue weighted by atomic mass is 10.1. The fourth-order valence-electron chi connectivity index (χ4n) is 3.04. The number of morpholine rings is 1. The van der Waals surface area contributed by atoms with Gasteiger partial charge in [0.25, 0.3) is 0 Å². The molecular weight excluding hydrogens is 422 g/mol. The van der Waals surface area contributed by atoms with Gasteiger partial charge in [0.15, 0.2) is 6.61 Å². The zero-order chi connectivity index (χ0) is 23.9. The highest BCUT2D eigenvalue weighted by molar-refractivity contribution is 6.02. The van der Waals surface area contributed by atoms with Crippen molar-refractivity contribution in [3.8, 4) is 5.75 Å². The minimum Gasteiger partial charge on any atom is -0.482 e. The minimum atomic E-state index is -2.14. The van der Waals surface area contributed by atoms with Gasteiger partial charge in [0.2, 0.25) is 0 Å². The highest BCUT2D eigenvalue weighted by atomic mass is 16.7. The predicted molar refractivity (Wildman–Crippen MR) is 112 cm³/mol. The molecule has 1 saturated heterocycles. The lowest BCUT2D eigenvalue weighted by molar-refractivity contribution is -0.236. The second-order valence-electron chi connectivity index (χ2n) is 8.01. The molecule has 0 aromatic heterocycles. The standard InChI is InChI=1S/C22H29NO9/c1-6-28-19(26)14-29-17-9-7-8-16(12-17)23-10-11-30-22(20(23)27,31-15(2)24)13-18(25)32-21(3,4)5/h7-9,12H,6,10-11,13-14H2,1-5H3/t22-/m1/s1. The van der Waals surface area contributed by atoms with Gasteiger partial charge in [-0.15, -0.1) is 0 Å². The Morgan fingerprint density at radius 1 is 1.19 bits per heavy atom. The summed E-state index contributed by atoms with van der Waals surface area (Å²) < 4.78 is 26.3. The van der Waals surface area contributed by atoms with Crippen molar-refractivity contribution >= 4 is 29.5 Å². The highest BCUT2D eigenvalue weighted by Crippen LogP contribution is 2.31. The number of benzene rings is 1. The molecule has 1 fully saturated rings. The van der Waals surface area contributed by atoms with Crippen molar-refractivity contribution < 1.29 is 42.9 Å². The number of esters is 3. The van der Waals surface area contributed by atoms with Crippen LogP contribution in [-0.2, 0) is 38.1 Å². The van der Waals surface area contributed by atoms with Crippen LogP contribution >= 0.6 is 0 Å².